The first kappa shape index (κ1) is 9.79. The SMILES string of the molecule is O=Nc1cc(Br)c(F)cc1C(=O)O. The molecule has 0 aromatic heterocycles. The number of carboxylic acids is 1. The van der Waals surface area contributed by atoms with E-state index in [1.807, 2.05) is 0 Å². The van der Waals surface area contributed by atoms with Crippen molar-refractivity contribution in [3.8, 4) is 0 Å². The van der Waals surface area contributed by atoms with Gasteiger partial charge >= 0.3 is 5.97 Å². The molecule has 1 N–H and O–H groups in total. The van der Waals surface area contributed by atoms with Crippen LogP contribution in [0.2, 0.25) is 0 Å². The molecule has 0 spiro atoms. The smallest absolute Gasteiger partial charge is 0.338 e. The molecule has 0 amide bonds. The number of rotatable bonds is 2. The molecule has 0 aliphatic carbocycles. The Morgan fingerprint density at radius 1 is 1.54 bits per heavy atom. The summed E-state index contributed by atoms with van der Waals surface area (Å²) in [7, 11) is 0. The Labute approximate surface area is 80.5 Å². The van der Waals surface area contributed by atoms with E-state index >= 15 is 0 Å². The summed E-state index contributed by atoms with van der Waals surface area (Å²) in [5.41, 5.74) is -0.753. The number of hydrogen-bond acceptors (Lipinski definition) is 3. The fraction of sp³-hybridized carbons (Fsp3) is 0. The van der Waals surface area contributed by atoms with Gasteiger partial charge in [0, 0.05) is 0 Å². The van der Waals surface area contributed by atoms with Crippen molar-refractivity contribution < 1.29 is 14.3 Å². The summed E-state index contributed by atoms with van der Waals surface area (Å²) in [5.74, 6) is -2.13. The van der Waals surface area contributed by atoms with Crippen LogP contribution in [0.15, 0.2) is 21.8 Å². The highest BCUT2D eigenvalue weighted by Crippen LogP contribution is 2.26. The highest BCUT2D eigenvalue weighted by atomic mass is 79.9. The van der Waals surface area contributed by atoms with E-state index in [0.29, 0.717) is 0 Å². The quantitative estimate of drug-likeness (QED) is 0.818. The van der Waals surface area contributed by atoms with Crippen LogP contribution in [0.25, 0.3) is 0 Å². The normalized spacial score (nSPS) is 9.69. The van der Waals surface area contributed by atoms with Gasteiger partial charge in [0.2, 0.25) is 0 Å². The summed E-state index contributed by atoms with van der Waals surface area (Å²) in [6, 6.07) is 1.76. The molecule has 0 atom stereocenters. The van der Waals surface area contributed by atoms with Gasteiger partial charge < -0.3 is 5.11 Å². The number of carboxylic acid groups (broad SMARTS) is 1. The minimum atomic E-state index is -1.39. The molecule has 6 heteroatoms. The van der Waals surface area contributed by atoms with Crippen LogP contribution < -0.4 is 0 Å². The third kappa shape index (κ3) is 1.89. The molecule has 13 heavy (non-hydrogen) atoms. The van der Waals surface area contributed by atoms with E-state index in [9.17, 15) is 14.1 Å². The van der Waals surface area contributed by atoms with Crippen molar-refractivity contribution in [3.05, 3.63) is 32.9 Å². The number of aromatic carboxylic acids is 1. The van der Waals surface area contributed by atoms with E-state index in [0.717, 1.165) is 12.1 Å². The predicted octanol–water partition coefficient (Wildman–Crippen LogP) is 2.68. The second-order valence-electron chi connectivity index (χ2n) is 2.18. The van der Waals surface area contributed by atoms with Gasteiger partial charge in [-0.25, -0.2) is 9.18 Å². The molecule has 0 saturated carbocycles. The van der Waals surface area contributed by atoms with Crippen LogP contribution in [0, 0.1) is 10.7 Å². The van der Waals surface area contributed by atoms with Crippen LogP contribution in [0.5, 0.6) is 0 Å². The van der Waals surface area contributed by atoms with E-state index in [4.69, 9.17) is 5.11 Å². The average Bonchev–Trinajstić information content (AvgIpc) is 2.08. The van der Waals surface area contributed by atoms with Gasteiger partial charge in [-0.1, -0.05) is 0 Å². The molecule has 1 rings (SSSR count). The van der Waals surface area contributed by atoms with Crippen molar-refractivity contribution in [2.75, 3.05) is 0 Å². The maximum Gasteiger partial charge on any atom is 0.338 e. The summed E-state index contributed by atoms with van der Waals surface area (Å²) in [6.45, 7) is 0. The largest absolute Gasteiger partial charge is 0.478 e. The maximum atomic E-state index is 12.8. The molecule has 68 valence electrons. The molecular formula is C7H3BrFNO3. The van der Waals surface area contributed by atoms with Crippen LogP contribution in [-0.4, -0.2) is 11.1 Å². The third-order valence-corrected chi connectivity index (χ3v) is 1.98. The summed E-state index contributed by atoms with van der Waals surface area (Å²) < 4.78 is 12.8. The van der Waals surface area contributed by atoms with Crippen molar-refractivity contribution >= 4 is 27.6 Å². The topological polar surface area (TPSA) is 66.7 Å². The molecule has 0 aliphatic rings. The first-order valence-electron chi connectivity index (χ1n) is 3.12. The van der Waals surface area contributed by atoms with Gasteiger partial charge in [0.25, 0.3) is 0 Å². The molecule has 0 heterocycles. The second kappa shape index (κ2) is 3.61. The van der Waals surface area contributed by atoms with Crippen LogP contribution in [0.3, 0.4) is 0 Å². The third-order valence-electron chi connectivity index (χ3n) is 1.37. The average molecular weight is 248 g/mol. The zero-order valence-corrected chi connectivity index (χ0v) is 7.71. The Balaban J connectivity index is 3.41. The van der Waals surface area contributed by atoms with E-state index in [2.05, 4.69) is 21.1 Å². The van der Waals surface area contributed by atoms with E-state index < -0.39 is 17.3 Å². The van der Waals surface area contributed by atoms with Crippen molar-refractivity contribution in [1.29, 1.82) is 0 Å². The lowest BCUT2D eigenvalue weighted by molar-refractivity contribution is 0.0697. The van der Waals surface area contributed by atoms with Gasteiger partial charge in [-0.05, 0) is 33.2 Å². The Kier molecular flexibility index (Phi) is 2.72. The molecule has 0 radical (unpaired) electrons. The molecule has 0 unspecified atom stereocenters. The van der Waals surface area contributed by atoms with Crippen LogP contribution in [0.1, 0.15) is 10.4 Å². The molecule has 0 bridgehead atoms. The van der Waals surface area contributed by atoms with Crippen molar-refractivity contribution in [3.63, 3.8) is 0 Å². The van der Waals surface area contributed by atoms with Gasteiger partial charge in [0.15, 0.2) is 0 Å². The Morgan fingerprint density at radius 3 is 2.62 bits per heavy atom. The number of halogens is 2. The minimum absolute atomic E-state index is 0.00657. The van der Waals surface area contributed by atoms with E-state index in [-0.39, 0.29) is 10.2 Å². The summed E-state index contributed by atoms with van der Waals surface area (Å²) in [5, 5.41) is 11.0. The van der Waals surface area contributed by atoms with Crippen LogP contribution >= 0.6 is 15.9 Å². The molecule has 1 aromatic carbocycles. The van der Waals surface area contributed by atoms with Crippen molar-refractivity contribution in [2.45, 2.75) is 0 Å². The fourth-order valence-electron chi connectivity index (χ4n) is 0.783. The summed E-state index contributed by atoms with van der Waals surface area (Å²) in [4.78, 5) is 20.6. The first-order valence-corrected chi connectivity index (χ1v) is 3.91. The van der Waals surface area contributed by atoms with Crippen molar-refractivity contribution in [1.82, 2.24) is 0 Å². The number of hydrogen-bond donors (Lipinski definition) is 1. The molecule has 4 nitrogen and oxygen atoms in total. The van der Waals surface area contributed by atoms with E-state index in [1.165, 1.54) is 0 Å². The molecule has 1 aromatic rings. The number of nitroso groups, excluding NO2 is 1. The Bertz CT molecular complexity index is 380. The monoisotopic (exact) mass is 247 g/mol. The lowest BCUT2D eigenvalue weighted by Gasteiger charge is -1.99. The Hall–Kier alpha value is -1.30. The molecular weight excluding hydrogens is 245 g/mol. The zero-order chi connectivity index (χ0) is 10.0. The van der Waals surface area contributed by atoms with Gasteiger partial charge in [0.1, 0.15) is 11.5 Å². The highest BCUT2D eigenvalue weighted by molar-refractivity contribution is 9.10. The standard InChI is InChI=1S/C7H3BrFNO3/c8-4-2-6(10-13)3(7(11)12)1-5(4)9/h1-2H,(H,11,12). The van der Waals surface area contributed by atoms with Gasteiger partial charge in [0.05, 0.1) is 10.0 Å². The first-order chi connectivity index (χ1) is 6.06. The summed E-state index contributed by atoms with van der Waals surface area (Å²) >= 11 is 2.80. The molecule has 0 fully saturated rings. The minimum Gasteiger partial charge on any atom is -0.478 e. The van der Waals surface area contributed by atoms with E-state index in [1.54, 1.807) is 0 Å². The molecule has 0 saturated heterocycles. The Morgan fingerprint density at radius 2 is 2.15 bits per heavy atom. The lowest BCUT2D eigenvalue weighted by Crippen LogP contribution is -1.97. The maximum absolute atomic E-state index is 12.8. The zero-order valence-electron chi connectivity index (χ0n) is 6.12. The second-order valence-corrected chi connectivity index (χ2v) is 3.03. The van der Waals surface area contributed by atoms with Gasteiger partial charge in [-0.15, -0.1) is 4.91 Å². The van der Waals surface area contributed by atoms with Gasteiger partial charge in [-0.2, -0.15) is 0 Å². The van der Waals surface area contributed by atoms with Crippen LogP contribution in [-0.2, 0) is 0 Å². The number of benzene rings is 1. The lowest BCUT2D eigenvalue weighted by atomic mass is 10.2. The fourth-order valence-corrected chi connectivity index (χ4v) is 1.11. The van der Waals surface area contributed by atoms with Crippen LogP contribution in [0.4, 0.5) is 10.1 Å². The number of nitrogens with zero attached hydrogens (tertiary/aromatic N) is 1. The molecule has 0 aliphatic heterocycles. The predicted molar refractivity (Wildman–Crippen MR) is 46.5 cm³/mol. The summed E-state index contributed by atoms with van der Waals surface area (Å²) in [6.07, 6.45) is 0. The van der Waals surface area contributed by atoms with Crippen molar-refractivity contribution in [2.24, 2.45) is 5.18 Å². The highest BCUT2D eigenvalue weighted by Gasteiger charge is 2.14. The van der Waals surface area contributed by atoms with Gasteiger partial charge in [-0.3, -0.25) is 0 Å². The number of carbonyl (C=O) groups is 1.